The van der Waals surface area contributed by atoms with Crippen molar-refractivity contribution in [3.63, 3.8) is 0 Å². The predicted octanol–water partition coefficient (Wildman–Crippen LogP) is 2.50. The number of halogens is 1. The van der Waals surface area contributed by atoms with Crippen LogP contribution in [0.2, 0.25) is 0 Å². The maximum Gasteiger partial charge on any atom is 0.251 e. The molecular weight excluding hydrogens is 245 g/mol. The van der Waals surface area contributed by atoms with E-state index in [4.69, 9.17) is 5.11 Å². The minimum absolute atomic E-state index is 0.128. The number of carbonyl (C=O) groups is 1. The standard InChI is InChI=1S/C15H14FNO2/c16-13-5-1-11(2-6-13)9-10-17-15(19)12-3-7-14(18)8-4-12/h1-8,18H,9-10H2,(H,17,19). The van der Waals surface area contributed by atoms with E-state index in [1.165, 1.54) is 24.3 Å². The number of phenolic OH excluding ortho intramolecular Hbond substituents is 1. The van der Waals surface area contributed by atoms with E-state index in [2.05, 4.69) is 5.32 Å². The van der Waals surface area contributed by atoms with Crippen molar-refractivity contribution < 1.29 is 14.3 Å². The summed E-state index contributed by atoms with van der Waals surface area (Å²) in [6.45, 7) is 0.478. The number of rotatable bonds is 4. The molecule has 2 rings (SSSR count). The quantitative estimate of drug-likeness (QED) is 0.886. The molecule has 2 aromatic rings. The summed E-state index contributed by atoms with van der Waals surface area (Å²) in [5.41, 5.74) is 1.46. The molecule has 0 saturated carbocycles. The highest BCUT2D eigenvalue weighted by Crippen LogP contribution is 2.09. The van der Waals surface area contributed by atoms with Gasteiger partial charge in [-0.2, -0.15) is 0 Å². The summed E-state index contributed by atoms with van der Waals surface area (Å²) in [5, 5.41) is 11.9. The highest BCUT2D eigenvalue weighted by atomic mass is 19.1. The second kappa shape index (κ2) is 6.00. The Bertz CT molecular complexity index is 549. The van der Waals surface area contributed by atoms with Crippen molar-refractivity contribution in [2.75, 3.05) is 6.54 Å². The molecule has 0 aliphatic heterocycles. The van der Waals surface area contributed by atoms with Crippen molar-refractivity contribution in [1.82, 2.24) is 5.32 Å². The second-order valence-electron chi connectivity index (χ2n) is 4.18. The Hall–Kier alpha value is -2.36. The van der Waals surface area contributed by atoms with E-state index < -0.39 is 0 Å². The summed E-state index contributed by atoms with van der Waals surface area (Å²) in [6, 6.07) is 12.2. The largest absolute Gasteiger partial charge is 0.508 e. The van der Waals surface area contributed by atoms with E-state index in [1.54, 1.807) is 24.3 Å². The molecule has 0 spiro atoms. The zero-order valence-corrected chi connectivity index (χ0v) is 10.3. The zero-order valence-electron chi connectivity index (χ0n) is 10.3. The maximum atomic E-state index is 12.7. The van der Waals surface area contributed by atoms with Crippen molar-refractivity contribution in [3.8, 4) is 5.75 Å². The van der Waals surface area contributed by atoms with Crippen LogP contribution in [-0.2, 0) is 6.42 Å². The van der Waals surface area contributed by atoms with Gasteiger partial charge in [-0.05, 0) is 48.4 Å². The minimum atomic E-state index is -0.267. The summed E-state index contributed by atoms with van der Waals surface area (Å²) in [5.74, 6) is -0.332. The summed E-state index contributed by atoms with van der Waals surface area (Å²) >= 11 is 0. The number of carbonyl (C=O) groups excluding carboxylic acids is 1. The predicted molar refractivity (Wildman–Crippen MR) is 70.5 cm³/mol. The van der Waals surface area contributed by atoms with Gasteiger partial charge in [0.05, 0.1) is 0 Å². The average Bonchev–Trinajstić information content (AvgIpc) is 2.41. The van der Waals surface area contributed by atoms with Crippen LogP contribution in [-0.4, -0.2) is 17.6 Å². The van der Waals surface area contributed by atoms with Crippen molar-refractivity contribution in [3.05, 3.63) is 65.5 Å². The number of aromatic hydroxyl groups is 1. The molecule has 0 aromatic heterocycles. The summed E-state index contributed by atoms with van der Waals surface area (Å²) in [4.78, 5) is 11.7. The lowest BCUT2D eigenvalue weighted by atomic mass is 10.1. The lowest BCUT2D eigenvalue weighted by Gasteiger charge is -2.05. The molecule has 3 nitrogen and oxygen atoms in total. The Morgan fingerprint density at radius 3 is 2.32 bits per heavy atom. The minimum Gasteiger partial charge on any atom is -0.508 e. The molecule has 0 unspecified atom stereocenters. The molecule has 1 amide bonds. The maximum absolute atomic E-state index is 12.7. The number of nitrogens with one attached hydrogen (secondary N) is 1. The molecular formula is C15H14FNO2. The third kappa shape index (κ3) is 3.81. The topological polar surface area (TPSA) is 49.3 Å². The van der Waals surface area contributed by atoms with Gasteiger partial charge < -0.3 is 10.4 Å². The van der Waals surface area contributed by atoms with Crippen LogP contribution in [0.4, 0.5) is 4.39 Å². The number of hydrogen-bond donors (Lipinski definition) is 2. The van der Waals surface area contributed by atoms with Gasteiger partial charge in [0.1, 0.15) is 11.6 Å². The van der Waals surface area contributed by atoms with Crippen LogP contribution >= 0.6 is 0 Å². The molecule has 2 N–H and O–H groups in total. The lowest BCUT2D eigenvalue weighted by Crippen LogP contribution is -2.25. The first kappa shape index (κ1) is 13.1. The van der Waals surface area contributed by atoms with Gasteiger partial charge in [-0.25, -0.2) is 4.39 Å². The van der Waals surface area contributed by atoms with Crippen LogP contribution in [0.15, 0.2) is 48.5 Å². The molecule has 98 valence electrons. The van der Waals surface area contributed by atoms with Crippen LogP contribution in [0, 0.1) is 5.82 Å². The highest BCUT2D eigenvalue weighted by Gasteiger charge is 2.04. The van der Waals surface area contributed by atoms with Gasteiger partial charge in [-0.1, -0.05) is 12.1 Å². The first-order valence-electron chi connectivity index (χ1n) is 5.97. The molecule has 0 aliphatic rings. The molecule has 0 radical (unpaired) electrons. The fraction of sp³-hybridized carbons (Fsp3) is 0.133. The van der Waals surface area contributed by atoms with Gasteiger partial charge in [0, 0.05) is 12.1 Å². The van der Waals surface area contributed by atoms with Crippen LogP contribution < -0.4 is 5.32 Å². The van der Waals surface area contributed by atoms with Crippen molar-refractivity contribution >= 4 is 5.91 Å². The number of phenols is 1. The Morgan fingerprint density at radius 2 is 1.68 bits per heavy atom. The van der Waals surface area contributed by atoms with E-state index in [0.29, 0.717) is 18.5 Å². The second-order valence-corrected chi connectivity index (χ2v) is 4.18. The normalized spacial score (nSPS) is 10.2. The van der Waals surface area contributed by atoms with Gasteiger partial charge in [0.25, 0.3) is 5.91 Å². The van der Waals surface area contributed by atoms with Crippen molar-refractivity contribution in [2.24, 2.45) is 0 Å². The molecule has 4 heteroatoms. The number of hydrogen-bond acceptors (Lipinski definition) is 2. The lowest BCUT2D eigenvalue weighted by molar-refractivity contribution is 0.0954. The van der Waals surface area contributed by atoms with Gasteiger partial charge in [-0.15, -0.1) is 0 Å². The molecule has 0 aliphatic carbocycles. The fourth-order valence-electron chi connectivity index (χ4n) is 1.69. The molecule has 0 atom stereocenters. The van der Waals surface area contributed by atoms with E-state index in [0.717, 1.165) is 5.56 Å². The Morgan fingerprint density at radius 1 is 1.05 bits per heavy atom. The van der Waals surface area contributed by atoms with Crippen LogP contribution in [0.25, 0.3) is 0 Å². The summed E-state index contributed by atoms with van der Waals surface area (Å²) in [7, 11) is 0. The first-order valence-corrected chi connectivity index (χ1v) is 5.97. The van der Waals surface area contributed by atoms with Crippen LogP contribution in [0.3, 0.4) is 0 Å². The molecule has 0 fully saturated rings. The molecule has 0 saturated heterocycles. The Labute approximate surface area is 110 Å². The fourth-order valence-corrected chi connectivity index (χ4v) is 1.69. The monoisotopic (exact) mass is 259 g/mol. The Kier molecular flexibility index (Phi) is 4.13. The third-order valence-electron chi connectivity index (χ3n) is 2.74. The van der Waals surface area contributed by atoms with E-state index in [9.17, 15) is 9.18 Å². The summed E-state index contributed by atoms with van der Waals surface area (Å²) in [6.07, 6.45) is 0.643. The van der Waals surface area contributed by atoms with Gasteiger partial charge in [0.2, 0.25) is 0 Å². The van der Waals surface area contributed by atoms with Gasteiger partial charge in [0.15, 0.2) is 0 Å². The zero-order chi connectivity index (χ0) is 13.7. The Balaban J connectivity index is 1.84. The first-order chi connectivity index (χ1) is 9.15. The number of amides is 1. The van der Waals surface area contributed by atoms with Gasteiger partial charge in [-0.3, -0.25) is 4.79 Å². The molecule has 0 bridgehead atoms. The smallest absolute Gasteiger partial charge is 0.251 e. The van der Waals surface area contributed by atoms with Crippen molar-refractivity contribution in [2.45, 2.75) is 6.42 Å². The molecule has 0 heterocycles. The average molecular weight is 259 g/mol. The molecule has 2 aromatic carbocycles. The van der Waals surface area contributed by atoms with E-state index in [1.807, 2.05) is 0 Å². The van der Waals surface area contributed by atoms with Crippen molar-refractivity contribution in [1.29, 1.82) is 0 Å². The highest BCUT2D eigenvalue weighted by molar-refractivity contribution is 5.94. The summed E-state index contributed by atoms with van der Waals surface area (Å²) < 4.78 is 12.7. The van der Waals surface area contributed by atoms with Crippen LogP contribution in [0.1, 0.15) is 15.9 Å². The SMILES string of the molecule is O=C(NCCc1ccc(F)cc1)c1ccc(O)cc1. The van der Waals surface area contributed by atoms with Crippen LogP contribution in [0.5, 0.6) is 5.75 Å². The third-order valence-corrected chi connectivity index (χ3v) is 2.74. The molecule has 19 heavy (non-hydrogen) atoms. The van der Waals surface area contributed by atoms with E-state index in [-0.39, 0.29) is 17.5 Å². The number of benzene rings is 2. The van der Waals surface area contributed by atoms with E-state index >= 15 is 0 Å². The van der Waals surface area contributed by atoms with Gasteiger partial charge >= 0.3 is 0 Å².